The molecule has 1 aromatic heterocycles. The number of carbonyl (C=O) groups excluding carboxylic acids is 1. The van der Waals surface area contributed by atoms with Crippen molar-refractivity contribution in [3.8, 4) is 17.6 Å². The number of nitrogens with one attached hydrogen (secondary N) is 1. The molecular weight excluding hydrogens is 723 g/mol. The van der Waals surface area contributed by atoms with Crippen LogP contribution in [0.15, 0.2) is 94.6 Å². The highest BCUT2D eigenvalue weighted by Gasteiger charge is 2.45. The smallest absolute Gasteiger partial charge is 0.330 e. The fourth-order valence-corrected chi connectivity index (χ4v) is 8.53. The first-order valence-corrected chi connectivity index (χ1v) is 19.3. The first-order chi connectivity index (χ1) is 26.4. The number of carbonyl (C=O) groups is 1. The van der Waals surface area contributed by atoms with Crippen molar-refractivity contribution in [3.63, 3.8) is 0 Å². The number of nitriles is 1. The van der Waals surface area contributed by atoms with Crippen LogP contribution in [-0.4, -0.2) is 71.7 Å². The molecule has 1 aliphatic rings. The van der Waals surface area contributed by atoms with E-state index in [1.54, 1.807) is 14.2 Å². The summed E-state index contributed by atoms with van der Waals surface area (Å²) in [5, 5.41) is 9.31. The number of H-pyrrole nitrogens is 1. The van der Waals surface area contributed by atoms with E-state index in [4.69, 9.17) is 28.0 Å². The second-order valence-electron chi connectivity index (χ2n) is 13.6. The first-order valence-electron chi connectivity index (χ1n) is 18.2. The molecule has 1 unspecified atom stereocenters. The predicted molar refractivity (Wildman–Crippen MR) is 208 cm³/mol. The molecule has 4 aromatic rings. The van der Waals surface area contributed by atoms with Crippen LogP contribution in [0.5, 0.6) is 11.5 Å². The van der Waals surface area contributed by atoms with E-state index in [9.17, 15) is 19.6 Å². The molecule has 5 rings (SSSR count). The summed E-state index contributed by atoms with van der Waals surface area (Å²) >= 11 is 0. The Morgan fingerprint density at radius 3 is 2.02 bits per heavy atom. The van der Waals surface area contributed by atoms with Gasteiger partial charge in [0.1, 0.15) is 29.4 Å². The summed E-state index contributed by atoms with van der Waals surface area (Å²) in [6.45, 7) is 9.56. The van der Waals surface area contributed by atoms with E-state index in [0.717, 1.165) is 16.7 Å². The van der Waals surface area contributed by atoms with Crippen molar-refractivity contribution in [2.45, 2.75) is 83.6 Å². The molecule has 3 aromatic carbocycles. The third kappa shape index (κ3) is 9.42. The highest BCUT2D eigenvalue weighted by molar-refractivity contribution is 7.44. The Labute approximate surface area is 322 Å². The van der Waals surface area contributed by atoms with E-state index < -0.39 is 49.6 Å². The third-order valence-electron chi connectivity index (χ3n) is 9.36. The lowest BCUT2D eigenvalue weighted by molar-refractivity contribution is -0.0926. The highest BCUT2D eigenvalue weighted by Crippen LogP contribution is 2.50. The number of hydrogen-bond acceptors (Lipinski definition) is 11. The number of rotatable bonds is 18. The minimum Gasteiger partial charge on any atom is -0.497 e. The summed E-state index contributed by atoms with van der Waals surface area (Å²) in [4.78, 5) is 40.4. The molecule has 0 spiro atoms. The molecule has 1 fully saturated rings. The van der Waals surface area contributed by atoms with Gasteiger partial charge in [0.2, 0.25) is 0 Å². The number of nitrogens with zero attached hydrogens (tertiary/aromatic N) is 3. The number of aromatic nitrogens is 2. The number of Topliss-reactive ketones (excluding diaryl/α,β-unsaturated/α-hetero) is 1. The Morgan fingerprint density at radius 2 is 1.51 bits per heavy atom. The molecule has 14 heteroatoms. The molecule has 292 valence electrons. The van der Waals surface area contributed by atoms with Gasteiger partial charge >= 0.3 is 5.69 Å². The first kappa shape index (κ1) is 41.5. The Morgan fingerprint density at radius 1 is 0.945 bits per heavy atom. The Balaban J connectivity index is 1.62. The van der Waals surface area contributed by atoms with Crippen molar-refractivity contribution in [1.82, 2.24) is 14.2 Å². The largest absolute Gasteiger partial charge is 0.497 e. The van der Waals surface area contributed by atoms with Gasteiger partial charge in [-0.1, -0.05) is 54.6 Å². The zero-order valence-corrected chi connectivity index (χ0v) is 33.2. The van der Waals surface area contributed by atoms with Gasteiger partial charge in [-0.15, -0.1) is 0 Å². The standard InChI is InChI=1S/C41H49N4O9P/c1-27(2)45(28(3)4)55(52-23-11-22-42)54-36-24-38(44-25-35(29(5)46)39(47)43-40(44)48)53-37(36)26-51-41(30-12-9-8-10-13-30,31-14-18-33(49-6)19-15-31)32-16-20-34(50-7)21-17-32/h8-10,12-21,25,27-28,36-38H,11,23-24,26H2,1-7H3,(H,43,47,48)/t36-,37+,38+,55?/m0/s1. The molecule has 55 heavy (non-hydrogen) atoms. The number of ketones is 1. The number of ether oxygens (including phenoxy) is 4. The van der Waals surface area contributed by atoms with E-state index >= 15 is 0 Å². The number of aromatic amines is 1. The van der Waals surface area contributed by atoms with Crippen molar-refractivity contribution < 1.29 is 32.8 Å². The fourth-order valence-electron chi connectivity index (χ4n) is 6.77. The number of hydrogen-bond donors (Lipinski definition) is 1. The van der Waals surface area contributed by atoms with Crippen molar-refractivity contribution >= 4 is 14.3 Å². The maximum absolute atomic E-state index is 13.2. The van der Waals surface area contributed by atoms with Gasteiger partial charge in [0.05, 0.1) is 51.6 Å². The van der Waals surface area contributed by atoms with Gasteiger partial charge in [0.15, 0.2) is 5.78 Å². The molecule has 0 bridgehead atoms. The van der Waals surface area contributed by atoms with Crippen LogP contribution in [0.4, 0.5) is 0 Å². The predicted octanol–water partition coefficient (Wildman–Crippen LogP) is 6.71. The number of benzene rings is 3. The lowest BCUT2D eigenvalue weighted by Crippen LogP contribution is -2.39. The SMILES string of the molecule is COc1ccc(C(OC[C@H]2O[C@@H](n3cc(C(C)=O)c(=O)[nH]c3=O)C[C@@H]2OP(OCCC#N)N(C(C)C)C(C)C)(c2ccccc2)c2ccc(OC)cc2)cc1. The summed E-state index contributed by atoms with van der Waals surface area (Å²) < 4.78 is 41.3. The van der Waals surface area contributed by atoms with Crippen molar-refractivity contribution in [2.75, 3.05) is 27.4 Å². The maximum Gasteiger partial charge on any atom is 0.330 e. The van der Waals surface area contributed by atoms with Crippen LogP contribution in [0.25, 0.3) is 0 Å². The minimum absolute atomic E-state index is 0.0248. The Kier molecular flexibility index (Phi) is 14.2. The number of methoxy groups -OCH3 is 2. The molecule has 1 aliphatic heterocycles. The molecule has 2 heterocycles. The zero-order valence-electron chi connectivity index (χ0n) is 32.3. The topological polar surface area (TPSA) is 154 Å². The monoisotopic (exact) mass is 772 g/mol. The average molecular weight is 773 g/mol. The van der Waals surface area contributed by atoms with Crippen LogP contribution < -0.4 is 20.7 Å². The highest BCUT2D eigenvalue weighted by atomic mass is 31.2. The average Bonchev–Trinajstić information content (AvgIpc) is 3.57. The molecule has 13 nitrogen and oxygen atoms in total. The Bertz CT molecular complexity index is 1970. The normalized spacial score (nSPS) is 17.7. The second kappa shape index (κ2) is 18.8. The summed E-state index contributed by atoms with van der Waals surface area (Å²) in [6.07, 6.45) is -0.847. The van der Waals surface area contributed by atoms with Crippen molar-refractivity contribution in [2.24, 2.45) is 0 Å². The van der Waals surface area contributed by atoms with Crippen LogP contribution in [0.2, 0.25) is 0 Å². The van der Waals surface area contributed by atoms with Gasteiger partial charge < -0.3 is 28.0 Å². The van der Waals surface area contributed by atoms with Crippen LogP contribution >= 0.6 is 8.53 Å². The van der Waals surface area contributed by atoms with Crippen LogP contribution in [0.3, 0.4) is 0 Å². The van der Waals surface area contributed by atoms with Gasteiger partial charge in [-0.25, -0.2) is 9.46 Å². The van der Waals surface area contributed by atoms with Crippen LogP contribution in [0.1, 0.15) is 80.7 Å². The summed E-state index contributed by atoms with van der Waals surface area (Å²) in [5.74, 6) is 0.861. The van der Waals surface area contributed by atoms with Crippen LogP contribution in [0, 0.1) is 11.3 Å². The molecule has 0 saturated carbocycles. The summed E-state index contributed by atoms with van der Waals surface area (Å²) in [5.41, 5.74) is -0.388. The van der Waals surface area contributed by atoms with E-state index in [2.05, 4.69) is 15.7 Å². The van der Waals surface area contributed by atoms with E-state index in [-0.39, 0.29) is 43.7 Å². The third-order valence-corrected chi connectivity index (χ3v) is 11.5. The van der Waals surface area contributed by atoms with Crippen LogP contribution in [-0.2, 0) is 24.1 Å². The van der Waals surface area contributed by atoms with E-state index in [1.807, 2.05) is 107 Å². The molecule has 0 amide bonds. The summed E-state index contributed by atoms with van der Waals surface area (Å²) in [7, 11) is 1.49. The van der Waals surface area contributed by atoms with Crippen molar-refractivity contribution in [3.05, 3.63) is 128 Å². The maximum atomic E-state index is 13.2. The van der Waals surface area contributed by atoms with Gasteiger partial charge in [-0.05, 0) is 75.6 Å². The lowest BCUT2D eigenvalue weighted by Gasteiger charge is -2.39. The Hall–Kier alpha value is -4.67. The molecule has 0 radical (unpaired) electrons. The fraction of sp³-hybridized carbons (Fsp3) is 0.415. The molecular formula is C41H49N4O9P. The minimum atomic E-state index is -1.73. The molecule has 4 atom stereocenters. The second-order valence-corrected chi connectivity index (χ2v) is 15.0. The zero-order chi connectivity index (χ0) is 39.7. The molecule has 1 saturated heterocycles. The van der Waals surface area contributed by atoms with E-state index in [1.165, 1.54) is 17.7 Å². The van der Waals surface area contributed by atoms with Gasteiger partial charge in [0, 0.05) is 24.7 Å². The molecule has 0 aliphatic carbocycles. The van der Waals surface area contributed by atoms with Gasteiger partial charge in [-0.3, -0.25) is 19.1 Å². The van der Waals surface area contributed by atoms with Crippen molar-refractivity contribution in [1.29, 1.82) is 5.26 Å². The lowest BCUT2D eigenvalue weighted by atomic mass is 9.80. The summed E-state index contributed by atoms with van der Waals surface area (Å²) in [6, 6.07) is 27.3. The quantitative estimate of drug-likeness (QED) is 0.0497. The van der Waals surface area contributed by atoms with Gasteiger partial charge in [0.25, 0.3) is 14.1 Å². The van der Waals surface area contributed by atoms with E-state index in [0.29, 0.717) is 11.5 Å². The molecule has 1 N–H and O–H groups in total. The van der Waals surface area contributed by atoms with Gasteiger partial charge in [-0.2, -0.15) is 5.26 Å².